The molecule has 0 amide bonds. The number of benzene rings is 1. The van der Waals surface area contributed by atoms with E-state index in [0.29, 0.717) is 6.54 Å². The predicted octanol–water partition coefficient (Wildman–Crippen LogP) is 1.97. The molecule has 0 unspecified atom stereocenters. The fourth-order valence-electron chi connectivity index (χ4n) is 1.59. The number of H-pyrrole nitrogens is 1. The minimum atomic E-state index is 0.651. The standard InChI is InChI=1S/C10H8BrN5/c11-7-1-2-10-9(3-7)14-15-16(10)5-8-4-12-6-13-8/h1-4,6H,5H2,(H,12,13). The van der Waals surface area contributed by atoms with Gasteiger partial charge in [0.1, 0.15) is 5.52 Å². The van der Waals surface area contributed by atoms with Gasteiger partial charge >= 0.3 is 0 Å². The third-order valence-corrected chi connectivity index (χ3v) is 2.84. The summed E-state index contributed by atoms with van der Waals surface area (Å²) in [7, 11) is 0. The van der Waals surface area contributed by atoms with Crippen LogP contribution in [0.25, 0.3) is 11.0 Å². The minimum absolute atomic E-state index is 0.651. The van der Waals surface area contributed by atoms with Gasteiger partial charge in [0, 0.05) is 10.7 Å². The molecule has 5 nitrogen and oxygen atoms in total. The molecule has 0 atom stereocenters. The fourth-order valence-corrected chi connectivity index (χ4v) is 1.94. The van der Waals surface area contributed by atoms with Crippen LogP contribution in [-0.4, -0.2) is 25.0 Å². The van der Waals surface area contributed by atoms with Crippen LogP contribution >= 0.6 is 15.9 Å². The number of imidazole rings is 1. The van der Waals surface area contributed by atoms with Crippen molar-refractivity contribution in [3.8, 4) is 0 Å². The third-order valence-electron chi connectivity index (χ3n) is 2.35. The molecule has 80 valence electrons. The minimum Gasteiger partial charge on any atom is -0.347 e. The number of rotatable bonds is 2. The van der Waals surface area contributed by atoms with Crippen molar-refractivity contribution < 1.29 is 0 Å². The smallest absolute Gasteiger partial charge is 0.114 e. The SMILES string of the molecule is Brc1ccc2c(c1)nnn2Cc1cnc[nH]1. The Bertz CT molecular complexity index is 613. The largest absolute Gasteiger partial charge is 0.347 e. The van der Waals surface area contributed by atoms with Gasteiger partial charge in [0.25, 0.3) is 0 Å². The van der Waals surface area contributed by atoms with Crippen LogP contribution in [0.2, 0.25) is 0 Å². The van der Waals surface area contributed by atoms with Gasteiger partial charge in [-0.3, -0.25) is 0 Å². The monoisotopic (exact) mass is 277 g/mol. The van der Waals surface area contributed by atoms with Crippen molar-refractivity contribution in [2.24, 2.45) is 0 Å². The molecule has 0 spiro atoms. The molecule has 3 rings (SSSR count). The maximum Gasteiger partial charge on any atom is 0.114 e. The van der Waals surface area contributed by atoms with Crippen LogP contribution in [0.3, 0.4) is 0 Å². The quantitative estimate of drug-likeness (QED) is 0.779. The van der Waals surface area contributed by atoms with Gasteiger partial charge in [0.2, 0.25) is 0 Å². The number of aromatic nitrogens is 5. The zero-order chi connectivity index (χ0) is 11.0. The summed E-state index contributed by atoms with van der Waals surface area (Å²) in [5.74, 6) is 0. The van der Waals surface area contributed by atoms with Crippen molar-refractivity contribution in [2.45, 2.75) is 6.54 Å². The van der Waals surface area contributed by atoms with Gasteiger partial charge in [0.15, 0.2) is 0 Å². The average Bonchev–Trinajstić information content (AvgIpc) is 2.89. The van der Waals surface area contributed by atoms with Gasteiger partial charge < -0.3 is 4.98 Å². The Hall–Kier alpha value is -1.69. The third kappa shape index (κ3) is 1.61. The molecule has 2 heterocycles. The Morgan fingerprint density at radius 3 is 3.12 bits per heavy atom. The second-order valence-electron chi connectivity index (χ2n) is 3.46. The second kappa shape index (κ2) is 3.71. The molecule has 3 aromatic rings. The summed E-state index contributed by atoms with van der Waals surface area (Å²) in [6, 6.07) is 5.93. The Morgan fingerprint density at radius 2 is 2.31 bits per heavy atom. The normalized spacial score (nSPS) is 11.1. The van der Waals surface area contributed by atoms with E-state index in [4.69, 9.17) is 0 Å². The molecule has 0 fully saturated rings. The number of aromatic amines is 1. The fraction of sp³-hybridized carbons (Fsp3) is 0.100. The molecule has 1 aromatic carbocycles. The van der Waals surface area contributed by atoms with E-state index in [2.05, 4.69) is 36.2 Å². The highest BCUT2D eigenvalue weighted by molar-refractivity contribution is 9.10. The summed E-state index contributed by atoms with van der Waals surface area (Å²) in [6.07, 6.45) is 3.44. The van der Waals surface area contributed by atoms with E-state index in [-0.39, 0.29) is 0 Å². The van der Waals surface area contributed by atoms with Crippen molar-refractivity contribution in [3.05, 3.63) is 40.9 Å². The summed E-state index contributed by atoms with van der Waals surface area (Å²) in [5, 5.41) is 8.22. The summed E-state index contributed by atoms with van der Waals surface area (Å²) < 4.78 is 2.85. The van der Waals surface area contributed by atoms with E-state index in [1.54, 1.807) is 12.5 Å². The first-order valence-electron chi connectivity index (χ1n) is 4.79. The van der Waals surface area contributed by atoms with Crippen molar-refractivity contribution in [1.82, 2.24) is 25.0 Å². The summed E-state index contributed by atoms with van der Waals surface area (Å²) >= 11 is 3.41. The summed E-state index contributed by atoms with van der Waals surface area (Å²) in [5.41, 5.74) is 2.90. The van der Waals surface area contributed by atoms with E-state index in [1.165, 1.54) is 0 Å². The molecular weight excluding hydrogens is 270 g/mol. The summed E-state index contributed by atoms with van der Waals surface area (Å²) in [4.78, 5) is 7.01. The van der Waals surface area contributed by atoms with Crippen LogP contribution in [0.15, 0.2) is 35.2 Å². The Labute approximate surface area is 99.6 Å². The predicted molar refractivity (Wildman–Crippen MR) is 62.9 cm³/mol. The molecule has 0 aliphatic rings. The molecule has 2 aromatic heterocycles. The molecule has 0 bridgehead atoms. The lowest BCUT2D eigenvalue weighted by Gasteiger charge is -1.99. The molecule has 6 heteroatoms. The second-order valence-corrected chi connectivity index (χ2v) is 4.37. The van der Waals surface area contributed by atoms with Gasteiger partial charge in [-0.1, -0.05) is 21.1 Å². The number of hydrogen-bond acceptors (Lipinski definition) is 3. The van der Waals surface area contributed by atoms with Crippen molar-refractivity contribution in [2.75, 3.05) is 0 Å². The van der Waals surface area contributed by atoms with Crippen LogP contribution in [-0.2, 0) is 6.54 Å². The molecule has 0 aliphatic carbocycles. The molecule has 0 saturated carbocycles. The first-order chi connectivity index (χ1) is 7.83. The Morgan fingerprint density at radius 1 is 1.38 bits per heavy atom. The highest BCUT2D eigenvalue weighted by Gasteiger charge is 2.05. The Kier molecular flexibility index (Phi) is 2.21. The van der Waals surface area contributed by atoms with E-state index >= 15 is 0 Å². The lowest BCUT2D eigenvalue weighted by atomic mass is 10.3. The van der Waals surface area contributed by atoms with Crippen molar-refractivity contribution >= 4 is 27.0 Å². The number of fused-ring (bicyclic) bond motifs is 1. The molecule has 0 aliphatic heterocycles. The molecule has 16 heavy (non-hydrogen) atoms. The summed E-state index contributed by atoms with van der Waals surface area (Å²) in [6.45, 7) is 0.651. The van der Waals surface area contributed by atoms with Gasteiger partial charge in [-0.05, 0) is 18.2 Å². The van der Waals surface area contributed by atoms with E-state index in [0.717, 1.165) is 21.2 Å². The average molecular weight is 278 g/mol. The van der Waals surface area contributed by atoms with Gasteiger partial charge in [0.05, 0.1) is 24.1 Å². The molecular formula is C10H8BrN5. The topological polar surface area (TPSA) is 59.4 Å². The van der Waals surface area contributed by atoms with Gasteiger partial charge in [-0.2, -0.15) is 0 Å². The number of hydrogen-bond donors (Lipinski definition) is 1. The molecule has 0 saturated heterocycles. The number of nitrogens with one attached hydrogen (secondary N) is 1. The maximum atomic E-state index is 4.11. The van der Waals surface area contributed by atoms with Crippen LogP contribution in [0, 0.1) is 0 Å². The first-order valence-corrected chi connectivity index (χ1v) is 5.58. The highest BCUT2D eigenvalue weighted by Crippen LogP contribution is 2.17. The van der Waals surface area contributed by atoms with Crippen LogP contribution in [0.1, 0.15) is 5.69 Å². The van der Waals surface area contributed by atoms with Gasteiger partial charge in [-0.25, -0.2) is 9.67 Å². The van der Waals surface area contributed by atoms with Gasteiger partial charge in [-0.15, -0.1) is 5.10 Å². The Balaban J connectivity index is 2.04. The van der Waals surface area contributed by atoms with E-state index in [1.807, 2.05) is 22.9 Å². The molecule has 1 N–H and O–H groups in total. The maximum absolute atomic E-state index is 4.11. The molecule has 0 radical (unpaired) electrons. The van der Waals surface area contributed by atoms with E-state index in [9.17, 15) is 0 Å². The zero-order valence-corrected chi connectivity index (χ0v) is 9.85. The first kappa shape index (κ1) is 9.53. The number of nitrogens with zero attached hydrogens (tertiary/aromatic N) is 4. The number of halogens is 1. The lowest BCUT2D eigenvalue weighted by Crippen LogP contribution is -2.01. The van der Waals surface area contributed by atoms with Crippen LogP contribution in [0.4, 0.5) is 0 Å². The van der Waals surface area contributed by atoms with Crippen molar-refractivity contribution in [3.63, 3.8) is 0 Å². The lowest BCUT2D eigenvalue weighted by molar-refractivity contribution is 0.660. The van der Waals surface area contributed by atoms with Crippen LogP contribution < -0.4 is 0 Å². The zero-order valence-electron chi connectivity index (χ0n) is 8.26. The highest BCUT2D eigenvalue weighted by atomic mass is 79.9. The van der Waals surface area contributed by atoms with E-state index < -0.39 is 0 Å². The van der Waals surface area contributed by atoms with Crippen LogP contribution in [0.5, 0.6) is 0 Å². The van der Waals surface area contributed by atoms with Crippen molar-refractivity contribution in [1.29, 1.82) is 0 Å².